The summed E-state index contributed by atoms with van der Waals surface area (Å²) in [7, 11) is 1.65. The van der Waals surface area contributed by atoms with Crippen molar-refractivity contribution in [2.24, 2.45) is 5.73 Å². The molecular weight excluding hydrogens is 360 g/mol. The Bertz CT molecular complexity index is 979. The Morgan fingerprint density at radius 2 is 2.30 bits per heavy atom. The Hall–Kier alpha value is -2.64. The van der Waals surface area contributed by atoms with Gasteiger partial charge in [-0.3, -0.25) is 4.79 Å². The van der Waals surface area contributed by atoms with Gasteiger partial charge in [0.15, 0.2) is 0 Å². The Kier molecular flexibility index (Phi) is 4.96. The number of nitrogens with two attached hydrogens (primary N) is 1. The topological polar surface area (TPSA) is 89.3 Å². The Morgan fingerprint density at radius 3 is 3.04 bits per heavy atom. The molecule has 6 nitrogen and oxygen atoms in total. The standard InChI is InChI=1S/C20H22N4O2S/c1-26-14-6-2-4-12(8-14)17-9-15-18(27-17)16(19(21)25)11-23-20(15)24-13-5-3-7-22-10-13/h2,4,6,8-9,11,13,22H,3,5,7,10H2,1H3,(H2,21,25)(H,23,24). The second kappa shape index (κ2) is 7.54. The first-order valence-corrected chi connectivity index (χ1v) is 9.81. The van der Waals surface area contributed by atoms with E-state index in [1.54, 1.807) is 24.6 Å². The van der Waals surface area contributed by atoms with Gasteiger partial charge in [0, 0.05) is 29.0 Å². The molecule has 140 valence electrons. The monoisotopic (exact) mass is 382 g/mol. The van der Waals surface area contributed by atoms with Crippen molar-refractivity contribution in [2.45, 2.75) is 18.9 Å². The minimum Gasteiger partial charge on any atom is -0.497 e. The van der Waals surface area contributed by atoms with Crippen LogP contribution in [-0.4, -0.2) is 37.1 Å². The number of amides is 1. The first kappa shape index (κ1) is 17.8. The highest BCUT2D eigenvalue weighted by Gasteiger charge is 2.19. The van der Waals surface area contributed by atoms with Crippen LogP contribution in [0.25, 0.3) is 20.5 Å². The minimum absolute atomic E-state index is 0.328. The lowest BCUT2D eigenvalue weighted by Crippen LogP contribution is -2.38. The highest BCUT2D eigenvalue weighted by molar-refractivity contribution is 7.22. The summed E-state index contributed by atoms with van der Waals surface area (Å²) < 4.78 is 6.20. The molecule has 27 heavy (non-hydrogen) atoms. The number of ether oxygens (including phenoxy) is 1. The Morgan fingerprint density at radius 1 is 1.41 bits per heavy atom. The smallest absolute Gasteiger partial charge is 0.251 e. The van der Waals surface area contributed by atoms with Crippen LogP contribution in [0, 0.1) is 0 Å². The molecule has 3 aromatic rings. The highest BCUT2D eigenvalue weighted by atomic mass is 32.1. The van der Waals surface area contributed by atoms with E-state index in [1.807, 2.05) is 24.3 Å². The van der Waals surface area contributed by atoms with Crippen LogP contribution in [0.3, 0.4) is 0 Å². The van der Waals surface area contributed by atoms with Gasteiger partial charge in [-0.05, 0) is 43.1 Å². The van der Waals surface area contributed by atoms with Gasteiger partial charge in [-0.15, -0.1) is 11.3 Å². The summed E-state index contributed by atoms with van der Waals surface area (Å²) in [6.07, 6.45) is 3.81. The third-order valence-corrected chi connectivity index (χ3v) is 6.03. The van der Waals surface area contributed by atoms with Crippen molar-refractivity contribution >= 4 is 33.1 Å². The van der Waals surface area contributed by atoms with Crippen LogP contribution in [0.2, 0.25) is 0 Å². The van der Waals surface area contributed by atoms with Gasteiger partial charge in [-0.1, -0.05) is 12.1 Å². The lowest BCUT2D eigenvalue weighted by Gasteiger charge is -2.24. The van der Waals surface area contributed by atoms with E-state index in [1.165, 1.54) is 0 Å². The summed E-state index contributed by atoms with van der Waals surface area (Å²) in [5, 5.41) is 7.86. The van der Waals surface area contributed by atoms with Crippen LogP contribution in [0.15, 0.2) is 36.5 Å². The molecule has 1 fully saturated rings. The van der Waals surface area contributed by atoms with E-state index < -0.39 is 5.91 Å². The molecule has 1 aromatic carbocycles. The molecule has 3 heterocycles. The molecule has 1 saturated heterocycles. The molecule has 0 radical (unpaired) electrons. The van der Waals surface area contributed by atoms with E-state index in [-0.39, 0.29) is 0 Å². The molecule has 4 rings (SSSR count). The Labute approximate surface area is 161 Å². The molecule has 1 unspecified atom stereocenters. The first-order chi connectivity index (χ1) is 13.2. The number of thiophene rings is 1. The number of hydrogen-bond acceptors (Lipinski definition) is 6. The van der Waals surface area contributed by atoms with Crippen molar-refractivity contribution in [3.8, 4) is 16.2 Å². The van der Waals surface area contributed by atoms with E-state index >= 15 is 0 Å². The Balaban J connectivity index is 1.79. The average molecular weight is 382 g/mol. The van der Waals surface area contributed by atoms with E-state index in [0.29, 0.717) is 11.6 Å². The summed E-state index contributed by atoms with van der Waals surface area (Å²) >= 11 is 1.55. The zero-order valence-electron chi connectivity index (χ0n) is 15.1. The van der Waals surface area contributed by atoms with Gasteiger partial charge in [0.1, 0.15) is 11.6 Å². The molecule has 1 atom stereocenters. The fourth-order valence-corrected chi connectivity index (χ4v) is 4.57. The van der Waals surface area contributed by atoms with Crippen molar-refractivity contribution in [3.05, 3.63) is 42.1 Å². The number of primary amides is 1. The second-order valence-corrected chi connectivity index (χ2v) is 7.71. The van der Waals surface area contributed by atoms with Crippen LogP contribution in [-0.2, 0) is 0 Å². The molecule has 0 bridgehead atoms. The number of hydrogen-bond donors (Lipinski definition) is 3. The fraction of sp³-hybridized carbons (Fsp3) is 0.300. The highest BCUT2D eigenvalue weighted by Crippen LogP contribution is 2.39. The van der Waals surface area contributed by atoms with Crippen LogP contribution in [0.5, 0.6) is 5.75 Å². The normalized spacial score (nSPS) is 17.0. The quantitative estimate of drug-likeness (QED) is 0.630. The third-order valence-electron chi connectivity index (χ3n) is 4.81. The zero-order chi connectivity index (χ0) is 18.8. The lowest BCUT2D eigenvalue weighted by atomic mass is 10.1. The molecule has 1 aliphatic heterocycles. The minimum atomic E-state index is -0.461. The van der Waals surface area contributed by atoms with Gasteiger partial charge in [-0.2, -0.15) is 0 Å². The number of nitrogens with zero attached hydrogens (tertiary/aromatic N) is 1. The summed E-state index contributed by atoms with van der Waals surface area (Å²) in [5.41, 5.74) is 7.08. The van der Waals surface area contributed by atoms with Crippen LogP contribution < -0.4 is 21.1 Å². The molecule has 0 aliphatic carbocycles. The van der Waals surface area contributed by atoms with Gasteiger partial charge in [0.05, 0.1) is 17.4 Å². The van der Waals surface area contributed by atoms with Crippen molar-refractivity contribution in [2.75, 3.05) is 25.5 Å². The van der Waals surface area contributed by atoms with Crippen molar-refractivity contribution in [3.63, 3.8) is 0 Å². The fourth-order valence-electron chi connectivity index (χ4n) is 3.40. The van der Waals surface area contributed by atoms with E-state index in [4.69, 9.17) is 10.5 Å². The maximum absolute atomic E-state index is 11.9. The molecule has 4 N–H and O–H groups in total. The van der Waals surface area contributed by atoms with Gasteiger partial charge >= 0.3 is 0 Å². The van der Waals surface area contributed by atoms with Crippen molar-refractivity contribution in [1.82, 2.24) is 10.3 Å². The van der Waals surface area contributed by atoms with Crippen molar-refractivity contribution < 1.29 is 9.53 Å². The predicted molar refractivity (Wildman–Crippen MR) is 110 cm³/mol. The first-order valence-electron chi connectivity index (χ1n) is 8.99. The molecule has 7 heteroatoms. The lowest BCUT2D eigenvalue weighted by molar-refractivity contribution is 0.100. The number of carbonyl (C=O) groups is 1. The maximum Gasteiger partial charge on any atom is 0.251 e. The van der Waals surface area contributed by atoms with Crippen LogP contribution >= 0.6 is 11.3 Å². The molecule has 0 saturated carbocycles. The summed E-state index contributed by atoms with van der Waals surface area (Å²) in [6, 6.07) is 10.3. The predicted octanol–water partition coefficient (Wildman–Crippen LogP) is 3.23. The van der Waals surface area contributed by atoms with Gasteiger partial charge in [0.25, 0.3) is 5.91 Å². The average Bonchev–Trinajstić information content (AvgIpc) is 3.14. The number of nitrogens with one attached hydrogen (secondary N) is 2. The molecule has 1 aliphatic rings. The van der Waals surface area contributed by atoms with Crippen LogP contribution in [0.1, 0.15) is 23.2 Å². The molecule has 0 spiro atoms. The van der Waals surface area contributed by atoms with Crippen LogP contribution in [0.4, 0.5) is 5.82 Å². The van der Waals surface area contributed by atoms with Gasteiger partial charge in [-0.25, -0.2) is 4.98 Å². The number of benzene rings is 1. The molecular formula is C20H22N4O2S. The summed E-state index contributed by atoms with van der Waals surface area (Å²) in [6.45, 7) is 1.97. The number of fused-ring (bicyclic) bond motifs is 1. The molecule has 2 aromatic heterocycles. The number of piperidine rings is 1. The maximum atomic E-state index is 11.9. The van der Waals surface area contributed by atoms with E-state index in [2.05, 4.69) is 21.7 Å². The second-order valence-electron chi connectivity index (χ2n) is 6.66. The van der Waals surface area contributed by atoms with E-state index in [0.717, 1.165) is 58.0 Å². The van der Waals surface area contributed by atoms with Gasteiger partial charge in [0.2, 0.25) is 0 Å². The SMILES string of the molecule is COc1cccc(-c2cc3c(NC4CCCNC4)ncc(C(N)=O)c3s2)c1. The van der Waals surface area contributed by atoms with E-state index in [9.17, 15) is 4.79 Å². The zero-order valence-corrected chi connectivity index (χ0v) is 15.9. The number of carbonyl (C=O) groups excluding carboxylic acids is 1. The van der Waals surface area contributed by atoms with Gasteiger partial charge < -0.3 is 21.1 Å². The summed E-state index contributed by atoms with van der Waals surface area (Å²) in [5.74, 6) is 1.14. The third kappa shape index (κ3) is 3.61. The number of aromatic nitrogens is 1. The largest absolute Gasteiger partial charge is 0.497 e. The van der Waals surface area contributed by atoms with Crippen molar-refractivity contribution in [1.29, 1.82) is 0 Å². The summed E-state index contributed by atoms with van der Waals surface area (Å²) in [4.78, 5) is 17.5. The number of methoxy groups -OCH3 is 1. The molecule has 1 amide bonds. The number of pyridine rings is 1. The number of rotatable bonds is 5. The number of anilines is 1.